The van der Waals surface area contributed by atoms with Crippen LogP contribution in [0, 0.1) is 5.92 Å². The number of nitrogens with zero attached hydrogens (tertiary/aromatic N) is 2. The summed E-state index contributed by atoms with van der Waals surface area (Å²) in [6, 6.07) is 1.74. The van der Waals surface area contributed by atoms with Crippen LogP contribution in [-0.4, -0.2) is 32.9 Å². The first-order valence-corrected chi connectivity index (χ1v) is 7.31. The molecule has 1 aromatic heterocycles. The molecule has 2 amide bonds. The van der Waals surface area contributed by atoms with Gasteiger partial charge in [-0.05, 0) is 39.5 Å². The number of amides is 2. The van der Waals surface area contributed by atoms with E-state index in [-0.39, 0.29) is 24.0 Å². The highest BCUT2D eigenvalue weighted by Gasteiger charge is 2.26. The smallest absolute Gasteiger partial charge is 0.320 e. The lowest BCUT2D eigenvalue weighted by atomic mass is 9.86. The van der Waals surface area contributed by atoms with Gasteiger partial charge in [0.05, 0.1) is 5.92 Å². The second kappa shape index (κ2) is 6.60. The summed E-state index contributed by atoms with van der Waals surface area (Å²) in [6.45, 7) is 4.02. The Balaban J connectivity index is 1.78. The summed E-state index contributed by atoms with van der Waals surface area (Å²) in [6.07, 6.45) is 4.44. The SMILES string of the molecule is CC(C)n1ccc(NC(=O)NC2CCC(C(=O)O)CC2)n1. The van der Waals surface area contributed by atoms with Gasteiger partial charge in [-0.2, -0.15) is 5.10 Å². The number of hydrogen-bond donors (Lipinski definition) is 3. The Kier molecular flexibility index (Phi) is 4.82. The number of carbonyl (C=O) groups excluding carboxylic acids is 1. The summed E-state index contributed by atoms with van der Waals surface area (Å²) in [5.41, 5.74) is 0. The second-order valence-electron chi connectivity index (χ2n) is 5.76. The van der Waals surface area contributed by atoms with Crippen LogP contribution < -0.4 is 10.6 Å². The minimum Gasteiger partial charge on any atom is -0.481 e. The molecule has 1 aliphatic carbocycles. The van der Waals surface area contributed by atoms with E-state index in [1.807, 2.05) is 20.0 Å². The monoisotopic (exact) mass is 294 g/mol. The first-order chi connectivity index (χ1) is 9.95. The van der Waals surface area contributed by atoms with Crippen molar-refractivity contribution in [2.24, 2.45) is 5.92 Å². The quantitative estimate of drug-likeness (QED) is 0.793. The molecule has 1 fully saturated rings. The topological polar surface area (TPSA) is 96.2 Å². The molecule has 7 nitrogen and oxygen atoms in total. The number of aromatic nitrogens is 2. The van der Waals surface area contributed by atoms with E-state index in [1.54, 1.807) is 10.7 Å². The van der Waals surface area contributed by atoms with E-state index in [0.717, 1.165) is 0 Å². The van der Waals surface area contributed by atoms with Gasteiger partial charge in [0.25, 0.3) is 0 Å². The molecule has 0 aromatic carbocycles. The van der Waals surface area contributed by atoms with Gasteiger partial charge in [-0.25, -0.2) is 4.79 Å². The van der Waals surface area contributed by atoms with Crippen LogP contribution in [0.3, 0.4) is 0 Å². The highest BCUT2D eigenvalue weighted by atomic mass is 16.4. The first kappa shape index (κ1) is 15.3. The maximum absolute atomic E-state index is 11.9. The molecule has 0 atom stereocenters. The molecule has 1 aliphatic rings. The van der Waals surface area contributed by atoms with Crippen LogP contribution in [0.15, 0.2) is 12.3 Å². The normalized spacial score (nSPS) is 22.0. The number of rotatable bonds is 4. The molecule has 0 saturated heterocycles. The fourth-order valence-electron chi connectivity index (χ4n) is 2.51. The van der Waals surface area contributed by atoms with Gasteiger partial charge >= 0.3 is 12.0 Å². The van der Waals surface area contributed by atoms with Gasteiger partial charge in [-0.15, -0.1) is 0 Å². The molecule has 21 heavy (non-hydrogen) atoms. The number of anilines is 1. The largest absolute Gasteiger partial charge is 0.481 e. The number of carboxylic acids is 1. The third-order valence-electron chi connectivity index (χ3n) is 3.79. The predicted octanol–water partition coefficient (Wildman–Crippen LogP) is 2.23. The van der Waals surface area contributed by atoms with Gasteiger partial charge in [-0.1, -0.05) is 0 Å². The lowest BCUT2D eigenvalue weighted by Gasteiger charge is -2.26. The number of carboxylic acid groups (broad SMARTS) is 1. The number of urea groups is 1. The van der Waals surface area contributed by atoms with Crippen molar-refractivity contribution in [3.63, 3.8) is 0 Å². The third-order valence-corrected chi connectivity index (χ3v) is 3.79. The van der Waals surface area contributed by atoms with E-state index in [2.05, 4.69) is 15.7 Å². The van der Waals surface area contributed by atoms with E-state index in [9.17, 15) is 9.59 Å². The van der Waals surface area contributed by atoms with Gasteiger partial charge in [0, 0.05) is 24.3 Å². The average molecular weight is 294 g/mol. The summed E-state index contributed by atoms with van der Waals surface area (Å²) >= 11 is 0. The van der Waals surface area contributed by atoms with E-state index in [0.29, 0.717) is 31.5 Å². The Bertz CT molecular complexity index is 504. The molecule has 116 valence electrons. The summed E-state index contributed by atoms with van der Waals surface area (Å²) in [7, 11) is 0. The lowest BCUT2D eigenvalue weighted by Crippen LogP contribution is -2.41. The Labute approximate surface area is 123 Å². The zero-order valence-corrected chi connectivity index (χ0v) is 12.4. The van der Waals surface area contributed by atoms with Gasteiger partial charge in [0.15, 0.2) is 5.82 Å². The molecule has 1 aromatic rings. The molecular weight excluding hydrogens is 272 g/mol. The molecule has 0 unspecified atom stereocenters. The highest BCUT2D eigenvalue weighted by molar-refractivity contribution is 5.88. The van der Waals surface area contributed by atoms with Crippen molar-refractivity contribution < 1.29 is 14.7 Å². The molecule has 0 spiro atoms. The Hall–Kier alpha value is -2.05. The molecule has 2 rings (SSSR count). The molecule has 1 saturated carbocycles. The molecule has 0 bridgehead atoms. The fraction of sp³-hybridized carbons (Fsp3) is 0.643. The standard InChI is InChI=1S/C14H22N4O3/c1-9(2)18-8-7-12(17-18)16-14(21)15-11-5-3-10(4-6-11)13(19)20/h7-11H,3-6H2,1-2H3,(H,19,20)(H2,15,16,17,21). The van der Waals surface area contributed by atoms with Crippen LogP contribution >= 0.6 is 0 Å². The Morgan fingerprint density at radius 1 is 1.33 bits per heavy atom. The predicted molar refractivity (Wildman–Crippen MR) is 78.1 cm³/mol. The van der Waals surface area contributed by atoms with Crippen molar-refractivity contribution in [3.05, 3.63) is 12.3 Å². The highest BCUT2D eigenvalue weighted by Crippen LogP contribution is 2.24. The summed E-state index contributed by atoms with van der Waals surface area (Å²) in [5, 5.41) is 18.8. The van der Waals surface area contributed by atoms with Crippen molar-refractivity contribution in [2.75, 3.05) is 5.32 Å². The van der Waals surface area contributed by atoms with Gasteiger partial charge in [0.1, 0.15) is 0 Å². The minimum absolute atomic E-state index is 0.0350. The molecule has 0 aliphatic heterocycles. The third kappa shape index (κ3) is 4.21. The number of carbonyl (C=O) groups is 2. The minimum atomic E-state index is -0.739. The molecule has 0 radical (unpaired) electrons. The number of hydrogen-bond acceptors (Lipinski definition) is 3. The van der Waals surface area contributed by atoms with Crippen LogP contribution in [-0.2, 0) is 4.79 Å². The van der Waals surface area contributed by atoms with Crippen LogP contribution in [0.25, 0.3) is 0 Å². The van der Waals surface area contributed by atoms with E-state index in [1.165, 1.54) is 0 Å². The maximum atomic E-state index is 11.9. The van der Waals surface area contributed by atoms with Crippen molar-refractivity contribution in [1.82, 2.24) is 15.1 Å². The summed E-state index contributed by atoms with van der Waals surface area (Å²) in [5.74, 6) is -0.495. The summed E-state index contributed by atoms with van der Waals surface area (Å²) in [4.78, 5) is 22.8. The second-order valence-corrected chi connectivity index (χ2v) is 5.76. The maximum Gasteiger partial charge on any atom is 0.320 e. The first-order valence-electron chi connectivity index (χ1n) is 7.31. The van der Waals surface area contributed by atoms with Crippen molar-refractivity contribution in [1.29, 1.82) is 0 Å². The van der Waals surface area contributed by atoms with E-state index >= 15 is 0 Å². The van der Waals surface area contributed by atoms with Gasteiger partial charge < -0.3 is 10.4 Å². The van der Waals surface area contributed by atoms with Crippen molar-refractivity contribution in [3.8, 4) is 0 Å². The Morgan fingerprint density at radius 2 is 2.00 bits per heavy atom. The number of nitrogens with one attached hydrogen (secondary N) is 2. The van der Waals surface area contributed by atoms with Gasteiger partial charge in [0.2, 0.25) is 0 Å². The van der Waals surface area contributed by atoms with Crippen LogP contribution in [0.4, 0.5) is 10.6 Å². The summed E-state index contributed by atoms with van der Waals surface area (Å²) < 4.78 is 1.77. The zero-order chi connectivity index (χ0) is 15.4. The Morgan fingerprint density at radius 3 is 2.52 bits per heavy atom. The van der Waals surface area contributed by atoms with Crippen LogP contribution in [0.2, 0.25) is 0 Å². The zero-order valence-electron chi connectivity index (χ0n) is 12.4. The van der Waals surface area contributed by atoms with E-state index < -0.39 is 5.97 Å². The molecule has 3 N–H and O–H groups in total. The van der Waals surface area contributed by atoms with Crippen LogP contribution in [0.1, 0.15) is 45.6 Å². The lowest BCUT2D eigenvalue weighted by molar-refractivity contribution is -0.142. The van der Waals surface area contributed by atoms with E-state index in [4.69, 9.17) is 5.11 Å². The van der Waals surface area contributed by atoms with Gasteiger partial charge in [-0.3, -0.25) is 14.8 Å². The molecular formula is C14H22N4O3. The average Bonchev–Trinajstić information content (AvgIpc) is 2.87. The van der Waals surface area contributed by atoms with Crippen molar-refractivity contribution >= 4 is 17.8 Å². The fourth-order valence-corrected chi connectivity index (χ4v) is 2.51. The molecule has 7 heteroatoms. The van der Waals surface area contributed by atoms with Crippen molar-refractivity contribution in [2.45, 2.75) is 51.6 Å². The molecule has 1 heterocycles. The van der Waals surface area contributed by atoms with Crippen LogP contribution in [0.5, 0.6) is 0 Å². The number of aliphatic carboxylic acids is 1.